The average Bonchev–Trinajstić information content (AvgIpc) is 2.75. The van der Waals surface area contributed by atoms with Gasteiger partial charge >= 0.3 is 191 Å². The third kappa shape index (κ3) is 5.20. The van der Waals surface area contributed by atoms with Crippen LogP contribution in [0.1, 0.15) is 32.8 Å². The van der Waals surface area contributed by atoms with Crippen molar-refractivity contribution in [2.45, 2.75) is 52.2 Å². The Labute approximate surface area is 191 Å². The van der Waals surface area contributed by atoms with Crippen molar-refractivity contribution in [1.82, 2.24) is 0 Å². The zero-order valence-electron chi connectivity index (χ0n) is 20.1. The van der Waals surface area contributed by atoms with Gasteiger partial charge in [0.2, 0.25) is 0 Å². The Kier molecular flexibility index (Phi) is 7.58. The van der Waals surface area contributed by atoms with Gasteiger partial charge < -0.3 is 0 Å². The van der Waals surface area contributed by atoms with Crippen LogP contribution < -0.4 is 15.9 Å². The summed E-state index contributed by atoms with van der Waals surface area (Å²) in [7, 11) is -3.91. The molecule has 0 heterocycles. The molecule has 3 heteroatoms. The topological polar surface area (TPSA) is 9.23 Å². The van der Waals surface area contributed by atoms with Crippen LogP contribution in [0.4, 0.5) is 0 Å². The monoisotopic (exact) mass is 450 g/mol. The molecule has 1 nitrogen and oxygen atoms in total. The number of benzene rings is 3. The third-order valence-electron chi connectivity index (χ3n) is 7.10. The molecular weight excluding hydrogens is 411 g/mol. The van der Waals surface area contributed by atoms with E-state index in [-0.39, 0.29) is 5.04 Å². The standard InChI is InChI=1S/C28H39OPSi/c1-24-16-13-14-21-27(24)30(25-17-9-7-10-18-25,26-19-11-8-12-20-26)23-15-22-29-31(5,6)28(2,3)4/h7-14,16-21,30H,15,22-23H2,1-6H3. The van der Waals surface area contributed by atoms with Gasteiger partial charge in [0.05, 0.1) is 0 Å². The quantitative estimate of drug-likeness (QED) is 0.218. The molecule has 31 heavy (non-hydrogen) atoms. The summed E-state index contributed by atoms with van der Waals surface area (Å²) in [6.07, 6.45) is 2.23. The molecule has 0 aliphatic rings. The summed E-state index contributed by atoms with van der Waals surface area (Å²) in [4.78, 5) is 0. The zero-order valence-corrected chi connectivity index (χ0v) is 22.1. The van der Waals surface area contributed by atoms with E-state index in [1.807, 2.05) is 0 Å². The van der Waals surface area contributed by atoms with Crippen molar-refractivity contribution in [3.63, 3.8) is 0 Å². The van der Waals surface area contributed by atoms with Crippen molar-refractivity contribution in [3.8, 4) is 0 Å². The van der Waals surface area contributed by atoms with Crippen molar-refractivity contribution in [2.24, 2.45) is 0 Å². The molecule has 3 aromatic carbocycles. The number of hydrogen-bond acceptors (Lipinski definition) is 1. The predicted octanol–water partition coefficient (Wildman–Crippen LogP) is 6.43. The van der Waals surface area contributed by atoms with Gasteiger partial charge in [0.15, 0.2) is 0 Å². The van der Waals surface area contributed by atoms with Crippen LogP contribution in [0, 0.1) is 6.92 Å². The molecule has 0 radical (unpaired) electrons. The van der Waals surface area contributed by atoms with Crippen LogP contribution in [0.2, 0.25) is 18.1 Å². The van der Waals surface area contributed by atoms with Crippen molar-refractivity contribution in [1.29, 1.82) is 0 Å². The van der Waals surface area contributed by atoms with E-state index >= 15 is 0 Å². The first kappa shape index (κ1) is 23.9. The van der Waals surface area contributed by atoms with Gasteiger partial charge in [-0.05, 0) is 0 Å². The van der Waals surface area contributed by atoms with Crippen LogP contribution in [0.25, 0.3) is 0 Å². The maximum atomic E-state index is 6.59. The second-order valence-electron chi connectivity index (χ2n) is 10.2. The first-order valence-electron chi connectivity index (χ1n) is 11.5. The normalized spacial score (nSPS) is 13.2. The predicted molar refractivity (Wildman–Crippen MR) is 144 cm³/mol. The van der Waals surface area contributed by atoms with Gasteiger partial charge in [-0.1, -0.05) is 0 Å². The molecule has 0 atom stereocenters. The molecule has 0 unspecified atom stereocenters. The van der Waals surface area contributed by atoms with E-state index in [0.717, 1.165) is 19.2 Å². The summed E-state index contributed by atoms with van der Waals surface area (Å²) < 4.78 is 6.59. The number of rotatable bonds is 8. The molecule has 166 valence electrons. The molecule has 0 aromatic heterocycles. The van der Waals surface area contributed by atoms with Crippen LogP contribution in [0.15, 0.2) is 84.9 Å². The Morgan fingerprint density at radius 3 is 1.71 bits per heavy atom. The van der Waals surface area contributed by atoms with Crippen molar-refractivity contribution in [3.05, 3.63) is 90.5 Å². The van der Waals surface area contributed by atoms with E-state index in [2.05, 4.69) is 126 Å². The molecule has 0 N–H and O–H groups in total. The molecule has 0 saturated heterocycles. The van der Waals surface area contributed by atoms with E-state index in [9.17, 15) is 0 Å². The molecule has 0 spiro atoms. The van der Waals surface area contributed by atoms with Gasteiger partial charge in [-0.25, -0.2) is 0 Å². The minimum absolute atomic E-state index is 0.246. The second-order valence-corrected chi connectivity index (χ2v) is 19.0. The van der Waals surface area contributed by atoms with Crippen LogP contribution >= 0.6 is 7.26 Å². The van der Waals surface area contributed by atoms with Gasteiger partial charge in [0.25, 0.3) is 0 Å². The summed E-state index contributed by atoms with van der Waals surface area (Å²) in [5.41, 5.74) is 1.40. The van der Waals surface area contributed by atoms with Gasteiger partial charge in [-0.2, -0.15) is 0 Å². The Hall–Kier alpha value is -1.73. The zero-order chi connectivity index (χ0) is 22.5. The molecular formula is C28H39OPSi. The second kappa shape index (κ2) is 9.82. The fraction of sp³-hybridized carbons (Fsp3) is 0.357. The third-order valence-corrected chi connectivity index (χ3v) is 16.9. The Morgan fingerprint density at radius 2 is 1.23 bits per heavy atom. The molecule has 0 fully saturated rings. The SMILES string of the molecule is Cc1ccccc1[PH](CCCO[Si](C)(C)C(C)(C)C)(c1ccccc1)c1ccccc1. The van der Waals surface area contributed by atoms with Gasteiger partial charge in [-0.3, -0.25) is 0 Å². The van der Waals surface area contributed by atoms with Crippen LogP contribution in [-0.4, -0.2) is 21.1 Å². The van der Waals surface area contributed by atoms with Gasteiger partial charge in [-0.15, -0.1) is 0 Å². The van der Waals surface area contributed by atoms with E-state index in [4.69, 9.17) is 4.43 Å². The Balaban J connectivity index is 2.03. The number of hydrogen-bond donors (Lipinski definition) is 0. The van der Waals surface area contributed by atoms with Crippen molar-refractivity contribution < 1.29 is 4.43 Å². The van der Waals surface area contributed by atoms with Crippen molar-refractivity contribution >= 4 is 31.5 Å². The van der Waals surface area contributed by atoms with Gasteiger partial charge in [0, 0.05) is 0 Å². The molecule has 0 bridgehead atoms. The Bertz CT molecular complexity index is 922. The van der Waals surface area contributed by atoms with Crippen LogP contribution in [-0.2, 0) is 4.43 Å². The first-order chi connectivity index (χ1) is 14.7. The number of aryl methyl sites for hydroxylation is 1. The van der Waals surface area contributed by atoms with Gasteiger partial charge in [0.1, 0.15) is 0 Å². The van der Waals surface area contributed by atoms with E-state index in [1.165, 1.54) is 21.5 Å². The van der Waals surface area contributed by atoms with E-state index in [0.29, 0.717) is 0 Å². The van der Waals surface area contributed by atoms with E-state index < -0.39 is 15.6 Å². The summed E-state index contributed by atoms with van der Waals surface area (Å²) in [5.74, 6) is 0. The maximum absolute atomic E-state index is 6.59. The van der Waals surface area contributed by atoms with Crippen LogP contribution in [0.3, 0.4) is 0 Å². The summed E-state index contributed by atoms with van der Waals surface area (Å²) in [6, 6.07) is 31.5. The molecule has 0 amide bonds. The fourth-order valence-corrected chi connectivity index (χ4v) is 10.5. The summed E-state index contributed by atoms with van der Waals surface area (Å²) in [6.45, 7) is 14.8. The van der Waals surface area contributed by atoms with Crippen LogP contribution in [0.5, 0.6) is 0 Å². The van der Waals surface area contributed by atoms with Crippen molar-refractivity contribution in [2.75, 3.05) is 12.8 Å². The molecule has 0 saturated carbocycles. The summed E-state index contributed by atoms with van der Waals surface area (Å²) in [5, 5.41) is 4.75. The molecule has 3 aromatic rings. The molecule has 0 aliphatic carbocycles. The summed E-state index contributed by atoms with van der Waals surface area (Å²) >= 11 is 0. The van der Waals surface area contributed by atoms with E-state index in [1.54, 1.807) is 0 Å². The fourth-order valence-electron chi connectivity index (χ4n) is 4.28. The first-order valence-corrected chi connectivity index (χ1v) is 16.6. The molecule has 3 rings (SSSR count). The minimum atomic E-state index is -2.18. The molecule has 0 aliphatic heterocycles. The Morgan fingerprint density at radius 1 is 0.742 bits per heavy atom. The average molecular weight is 451 g/mol.